The molecule has 7 heteroatoms. The van der Waals surface area contributed by atoms with Crippen LogP contribution in [0.4, 0.5) is 0 Å². The van der Waals surface area contributed by atoms with Gasteiger partial charge in [0.1, 0.15) is 0 Å². The van der Waals surface area contributed by atoms with Crippen LogP contribution in [0.15, 0.2) is 57.6 Å². The first kappa shape index (κ1) is 16.9. The minimum Gasteiger partial charge on any atom is -0.382 e. The average Bonchev–Trinajstić information content (AvgIpc) is 2.53. The standard InChI is InChI=1S/C16H18N4O2S/c1-19-20-16(18)15-13(4-3-5-14(15)23(2,21)22)12-8-6-11(10-17)7-9-12/h3-9H,1,10,17H2,2H3,(H2,18,20). The Hall–Kier alpha value is -2.51. The van der Waals surface area contributed by atoms with Crippen LogP contribution in [0.5, 0.6) is 0 Å². The van der Waals surface area contributed by atoms with Crippen LogP contribution in [0.1, 0.15) is 11.1 Å². The summed E-state index contributed by atoms with van der Waals surface area (Å²) in [7, 11) is -3.48. The molecule has 0 saturated heterocycles. The largest absolute Gasteiger partial charge is 0.382 e. The molecule has 6 nitrogen and oxygen atoms in total. The fourth-order valence-corrected chi connectivity index (χ4v) is 3.20. The van der Waals surface area contributed by atoms with E-state index in [9.17, 15) is 8.42 Å². The number of nitrogens with zero attached hydrogens (tertiary/aromatic N) is 2. The quantitative estimate of drug-likeness (QED) is 0.492. The summed E-state index contributed by atoms with van der Waals surface area (Å²) in [6, 6.07) is 12.4. The van der Waals surface area contributed by atoms with Crippen LogP contribution in [0, 0.1) is 0 Å². The molecule has 0 bridgehead atoms. The lowest BCUT2D eigenvalue weighted by Gasteiger charge is -2.13. The lowest BCUT2D eigenvalue weighted by atomic mass is 9.98. The van der Waals surface area contributed by atoms with Gasteiger partial charge < -0.3 is 11.5 Å². The second kappa shape index (κ2) is 6.72. The second-order valence-corrected chi connectivity index (χ2v) is 6.96. The fraction of sp³-hybridized carbons (Fsp3) is 0.125. The van der Waals surface area contributed by atoms with Crippen LogP contribution in [-0.4, -0.2) is 27.2 Å². The fourth-order valence-electron chi connectivity index (χ4n) is 2.29. The van der Waals surface area contributed by atoms with Crippen molar-refractivity contribution < 1.29 is 8.42 Å². The summed E-state index contributed by atoms with van der Waals surface area (Å²) in [5.74, 6) is -0.000994. The van der Waals surface area contributed by atoms with Crippen LogP contribution in [0.25, 0.3) is 11.1 Å². The monoisotopic (exact) mass is 330 g/mol. The van der Waals surface area contributed by atoms with E-state index >= 15 is 0 Å². The highest BCUT2D eigenvalue weighted by Gasteiger charge is 2.20. The van der Waals surface area contributed by atoms with Crippen LogP contribution in [-0.2, 0) is 16.4 Å². The zero-order valence-electron chi connectivity index (χ0n) is 12.7. The Morgan fingerprint density at radius 3 is 2.35 bits per heavy atom. The molecule has 0 fully saturated rings. The van der Waals surface area contributed by atoms with Crippen molar-refractivity contribution in [1.82, 2.24) is 0 Å². The number of amidine groups is 1. The third kappa shape index (κ3) is 3.64. The molecule has 23 heavy (non-hydrogen) atoms. The third-order valence-corrected chi connectivity index (χ3v) is 4.50. The minimum absolute atomic E-state index is 0.000994. The number of nitrogens with two attached hydrogens (primary N) is 2. The number of benzene rings is 2. The molecule has 0 saturated carbocycles. The van der Waals surface area contributed by atoms with Gasteiger partial charge in [0.15, 0.2) is 15.7 Å². The summed E-state index contributed by atoms with van der Waals surface area (Å²) in [4.78, 5) is 0.0998. The Balaban J connectivity index is 2.77. The summed E-state index contributed by atoms with van der Waals surface area (Å²) in [6.45, 7) is 3.69. The van der Waals surface area contributed by atoms with Crippen molar-refractivity contribution in [2.75, 3.05) is 6.26 Å². The first-order valence-electron chi connectivity index (χ1n) is 6.80. The maximum Gasteiger partial charge on any atom is 0.176 e. The lowest BCUT2D eigenvalue weighted by Crippen LogP contribution is -2.18. The number of hydrogen-bond acceptors (Lipinski definition) is 5. The van der Waals surface area contributed by atoms with Crippen molar-refractivity contribution in [3.63, 3.8) is 0 Å². The summed E-state index contributed by atoms with van der Waals surface area (Å²) in [6.07, 6.45) is 1.13. The van der Waals surface area contributed by atoms with E-state index in [1.807, 2.05) is 24.3 Å². The Kier molecular flexibility index (Phi) is 4.92. The first-order valence-corrected chi connectivity index (χ1v) is 8.69. The van der Waals surface area contributed by atoms with Gasteiger partial charge in [-0.15, -0.1) is 5.10 Å². The zero-order valence-corrected chi connectivity index (χ0v) is 13.5. The summed E-state index contributed by atoms with van der Waals surface area (Å²) in [5.41, 5.74) is 14.3. The Bertz CT molecular complexity index is 856. The highest BCUT2D eigenvalue weighted by Crippen LogP contribution is 2.29. The predicted octanol–water partition coefficient (Wildman–Crippen LogP) is 1.54. The highest BCUT2D eigenvalue weighted by molar-refractivity contribution is 7.90. The molecule has 0 aliphatic rings. The van der Waals surface area contributed by atoms with Crippen molar-refractivity contribution in [1.29, 1.82) is 0 Å². The molecule has 0 aliphatic heterocycles. The van der Waals surface area contributed by atoms with Crippen molar-refractivity contribution in [3.05, 3.63) is 53.6 Å². The highest BCUT2D eigenvalue weighted by atomic mass is 32.2. The third-order valence-electron chi connectivity index (χ3n) is 3.36. The molecule has 0 aromatic heterocycles. The van der Waals surface area contributed by atoms with E-state index < -0.39 is 9.84 Å². The van der Waals surface area contributed by atoms with Crippen molar-refractivity contribution in [3.8, 4) is 11.1 Å². The molecule has 0 heterocycles. The lowest BCUT2D eigenvalue weighted by molar-refractivity contribution is 0.601. The molecule has 0 atom stereocenters. The molecule has 2 aromatic carbocycles. The van der Waals surface area contributed by atoms with Crippen molar-refractivity contribution in [2.45, 2.75) is 11.4 Å². The van der Waals surface area contributed by atoms with Crippen molar-refractivity contribution in [2.24, 2.45) is 21.7 Å². The molecular weight excluding hydrogens is 312 g/mol. The van der Waals surface area contributed by atoms with Gasteiger partial charge in [0.2, 0.25) is 0 Å². The van der Waals surface area contributed by atoms with E-state index in [4.69, 9.17) is 11.5 Å². The summed E-state index contributed by atoms with van der Waals surface area (Å²) >= 11 is 0. The van der Waals surface area contributed by atoms with Crippen LogP contribution in [0.3, 0.4) is 0 Å². The summed E-state index contributed by atoms with van der Waals surface area (Å²) in [5, 5.41) is 7.11. The van der Waals surface area contributed by atoms with Gasteiger partial charge in [0.05, 0.1) is 4.90 Å². The molecule has 0 aliphatic carbocycles. The topological polar surface area (TPSA) is 111 Å². The molecule has 0 radical (unpaired) electrons. The smallest absolute Gasteiger partial charge is 0.176 e. The Morgan fingerprint density at radius 1 is 1.17 bits per heavy atom. The molecule has 2 rings (SSSR count). The van der Waals surface area contributed by atoms with E-state index in [-0.39, 0.29) is 10.7 Å². The van der Waals surface area contributed by atoms with E-state index in [1.165, 1.54) is 6.07 Å². The van der Waals surface area contributed by atoms with E-state index in [0.717, 1.165) is 17.4 Å². The maximum absolute atomic E-state index is 12.1. The minimum atomic E-state index is -3.48. The number of hydrogen-bond donors (Lipinski definition) is 2. The van der Waals surface area contributed by atoms with E-state index in [2.05, 4.69) is 16.9 Å². The number of sulfone groups is 1. The molecular formula is C16H18N4O2S. The molecule has 4 N–H and O–H groups in total. The zero-order chi connectivity index (χ0) is 17.0. The first-order chi connectivity index (χ1) is 10.9. The molecule has 2 aromatic rings. The Labute approximate surface area is 135 Å². The number of rotatable bonds is 5. The summed E-state index contributed by atoms with van der Waals surface area (Å²) < 4.78 is 24.1. The van der Waals surface area contributed by atoms with Crippen LogP contribution >= 0.6 is 0 Å². The molecule has 0 unspecified atom stereocenters. The van der Waals surface area contributed by atoms with Gasteiger partial charge in [-0.1, -0.05) is 36.4 Å². The molecule has 0 amide bonds. The van der Waals surface area contributed by atoms with Gasteiger partial charge in [-0.05, 0) is 22.8 Å². The molecule has 120 valence electrons. The van der Waals surface area contributed by atoms with Gasteiger partial charge in [-0.25, -0.2) is 8.42 Å². The normalized spacial score (nSPS) is 12.2. The van der Waals surface area contributed by atoms with Gasteiger partial charge in [-0.3, -0.25) is 0 Å². The van der Waals surface area contributed by atoms with Gasteiger partial charge in [0.25, 0.3) is 0 Å². The average molecular weight is 330 g/mol. The maximum atomic E-state index is 12.1. The van der Waals surface area contributed by atoms with Gasteiger partial charge in [0, 0.05) is 25.1 Å². The van der Waals surface area contributed by atoms with Gasteiger partial charge in [-0.2, -0.15) is 5.10 Å². The van der Waals surface area contributed by atoms with Crippen molar-refractivity contribution >= 4 is 22.4 Å². The van der Waals surface area contributed by atoms with Crippen LogP contribution in [0.2, 0.25) is 0 Å². The Morgan fingerprint density at radius 2 is 1.83 bits per heavy atom. The molecule has 0 spiro atoms. The van der Waals surface area contributed by atoms with Gasteiger partial charge >= 0.3 is 0 Å². The van der Waals surface area contributed by atoms with E-state index in [1.54, 1.807) is 12.1 Å². The SMILES string of the molecule is C=N/N=C(\N)c1c(-c2ccc(CN)cc2)cccc1S(C)(=O)=O. The van der Waals surface area contributed by atoms with E-state index in [0.29, 0.717) is 17.7 Å². The van der Waals surface area contributed by atoms with Crippen LogP contribution < -0.4 is 11.5 Å². The second-order valence-electron chi connectivity index (χ2n) is 4.98. The predicted molar refractivity (Wildman–Crippen MR) is 93.2 cm³/mol.